The van der Waals surface area contributed by atoms with Crippen molar-refractivity contribution in [1.29, 1.82) is 0 Å². The van der Waals surface area contributed by atoms with E-state index >= 15 is 0 Å². The lowest BCUT2D eigenvalue weighted by atomic mass is 10.3. The predicted molar refractivity (Wildman–Crippen MR) is 48.5 cm³/mol. The molecule has 0 saturated carbocycles. The standard InChI is InChI=1S/C7H8BrNS/c1-5-3-7(10-2)9-4-6(5)8/h3-4H,1-2H3. The van der Waals surface area contributed by atoms with Crippen LogP contribution in [0.3, 0.4) is 0 Å². The van der Waals surface area contributed by atoms with Gasteiger partial charge < -0.3 is 0 Å². The van der Waals surface area contributed by atoms with E-state index in [4.69, 9.17) is 0 Å². The van der Waals surface area contributed by atoms with Crippen molar-refractivity contribution in [2.45, 2.75) is 11.9 Å². The first-order chi connectivity index (χ1) is 4.74. The molecule has 0 aliphatic rings. The van der Waals surface area contributed by atoms with Crippen LogP contribution in [0, 0.1) is 6.92 Å². The van der Waals surface area contributed by atoms with Crippen LogP contribution < -0.4 is 0 Å². The first kappa shape index (κ1) is 8.08. The monoisotopic (exact) mass is 217 g/mol. The van der Waals surface area contributed by atoms with Crippen LogP contribution in [-0.4, -0.2) is 11.2 Å². The number of aryl methyl sites for hydroxylation is 1. The molecule has 0 spiro atoms. The van der Waals surface area contributed by atoms with E-state index in [1.807, 2.05) is 12.5 Å². The fraction of sp³-hybridized carbons (Fsp3) is 0.286. The van der Waals surface area contributed by atoms with Crippen LogP contribution in [0.1, 0.15) is 5.56 Å². The van der Waals surface area contributed by atoms with Gasteiger partial charge in [0, 0.05) is 10.7 Å². The van der Waals surface area contributed by atoms with E-state index in [0.717, 1.165) is 9.50 Å². The number of hydrogen-bond acceptors (Lipinski definition) is 2. The van der Waals surface area contributed by atoms with Gasteiger partial charge in [0.05, 0.1) is 5.03 Å². The lowest BCUT2D eigenvalue weighted by molar-refractivity contribution is 1.10. The number of hydrogen-bond donors (Lipinski definition) is 0. The molecule has 0 fully saturated rings. The minimum atomic E-state index is 1.07. The summed E-state index contributed by atoms with van der Waals surface area (Å²) < 4.78 is 1.07. The molecule has 1 aromatic rings. The summed E-state index contributed by atoms with van der Waals surface area (Å²) in [6.45, 7) is 2.06. The van der Waals surface area contributed by atoms with E-state index in [0.29, 0.717) is 0 Å². The lowest BCUT2D eigenvalue weighted by Crippen LogP contribution is -1.81. The van der Waals surface area contributed by atoms with E-state index in [1.54, 1.807) is 11.8 Å². The summed E-state index contributed by atoms with van der Waals surface area (Å²) >= 11 is 5.05. The molecular formula is C7H8BrNS. The third kappa shape index (κ3) is 1.73. The lowest BCUT2D eigenvalue weighted by Gasteiger charge is -1.98. The number of rotatable bonds is 1. The molecule has 0 saturated heterocycles. The SMILES string of the molecule is CSc1cc(C)c(Br)cn1. The third-order valence-corrected chi connectivity index (χ3v) is 2.70. The maximum atomic E-state index is 4.17. The quantitative estimate of drug-likeness (QED) is 0.672. The number of pyridine rings is 1. The molecule has 0 aliphatic heterocycles. The fourth-order valence-corrected chi connectivity index (χ4v) is 1.29. The van der Waals surface area contributed by atoms with Gasteiger partial charge in [-0.05, 0) is 40.7 Å². The van der Waals surface area contributed by atoms with Crippen molar-refractivity contribution in [3.05, 3.63) is 22.3 Å². The van der Waals surface area contributed by atoms with Gasteiger partial charge >= 0.3 is 0 Å². The first-order valence-corrected chi connectivity index (χ1v) is 4.92. The molecule has 3 heteroatoms. The highest BCUT2D eigenvalue weighted by Gasteiger charge is 1.95. The van der Waals surface area contributed by atoms with E-state index < -0.39 is 0 Å². The van der Waals surface area contributed by atoms with E-state index in [-0.39, 0.29) is 0 Å². The molecule has 0 N–H and O–H groups in total. The summed E-state index contributed by atoms with van der Waals surface area (Å²) in [7, 11) is 0. The molecule has 0 radical (unpaired) electrons. The molecule has 1 rings (SSSR count). The zero-order chi connectivity index (χ0) is 7.56. The fourth-order valence-electron chi connectivity index (χ4n) is 0.625. The summed E-state index contributed by atoms with van der Waals surface area (Å²) in [6.07, 6.45) is 3.86. The van der Waals surface area contributed by atoms with Gasteiger partial charge in [-0.25, -0.2) is 4.98 Å². The summed E-state index contributed by atoms with van der Waals surface area (Å²) in [5.41, 5.74) is 1.24. The Balaban J connectivity index is 3.04. The number of halogens is 1. The molecule has 54 valence electrons. The Morgan fingerprint density at radius 1 is 1.60 bits per heavy atom. The van der Waals surface area contributed by atoms with Crippen molar-refractivity contribution in [3.63, 3.8) is 0 Å². The minimum Gasteiger partial charge on any atom is -0.249 e. The highest BCUT2D eigenvalue weighted by atomic mass is 79.9. The molecule has 0 atom stereocenters. The van der Waals surface area contributed by atoms with Gasteiger partial charge in [0.2, 0.25) is 0 Å². The van der Waals surface area contributed by atoms with Gasteiger partial charge in [-0.1, -0.05) is 0 Å². The first-order valence-electron chi connectivity index (χ1n) is 2.90. The van der Waals surface area contributed by atoms with Crippen molar-refractivity contribution in [3.8, 4) is 0 Å². The zero-order valence-electron chi connectivity index (χ0n) is 5.89. The maximum absolute atomic E-state index is 4.17. The van der Waals surface area contributed by atoms with Crippen molar-refractivity contribution in [2.24, 2.45) is 0 Å². The number of aromatic nitrogens is 1. The molecule has 0 amide bonds. The second-order valence-corrected chi connectivity index (χ2v) is 3.66. The molecule has 0 unspecified atom stereocenters. The summed E-state index contributed by atoms with van der Waals surface area (Å²) in [4.78, 5) is 4.17. The molecule has 1 nitrogen and oxygen atoms in total. The van der Waals surface area contributed by atoms with Crippen LogP contribution in [-0.2, 0) is 0 Å². The van der Waals surface area contributed by atoms with Crippen molar-refractivity contribution >= 4 is 27.7 Å². The van der Waals surface area contributed by atoms with E-state index in [2.05, 4.69) is 33.9 Å². The number of nitrogens with zero attached hydrogens (tertiary/aromatic N) is 1. The van der Waals surface area contributed by atoms with Crippen molar-refractivity contribution < 1.29 is 0 Å². The van der Waals surface area contributed by atoms with Crippen molar-refractivity contribution in [1.82, 2.24) is 4.98 Å². The van der Waals surface area contributed by atoms with Crippen molar-refractivity contribution in [2.75, 3.05) is 6.26 Å². The van der Waals surface area contributed by atoms with Crippen LogP contribution in [0.4, 0.5) is 0 Å². The van der Waals surface area contributed by atoms with Gasteiger partial charge in [-0.3, -0.25) is 0 Å². The summed E-state index contributed by atoms with van der Waals surface area (Å²) in [5, 5.41) is 1.07. The van der Waals surface area contributed by atoms with Gasteiger partial charge in [-0.15, -0.1) is 11.8 Å². The Kier molecular flexibility index (Phi) is 2.74. The van der Waals surface area contributed by atoms with Crippen LogP contribution in [0.15, 0.2) is 21.8 Å². The van der Waals surface area contributed by atoms with Gasteiger partial charge in [-0.2, -0.15) is 0 Å². The van der Waals surface area contributed by atoms with Crippen LogP contribution in [0.2, 0.25) is 0 Å². The van der Waals surface area contributed by atoms with E-state index in [9.17, 15) is 0 Å². The minimum absolute atomic E-state index is 1.07. The predicted octanol–water partition coefficient (Wildman–Crippen LogP) is 2.87. The molecule has 0 aliphatic carbocycles. The van der Waals surface area contributed by atoms with E-state index in [1.165, 1.54) is 5.56 Å². The normalized spacial score (nSPS) is 9.90. The molecule has 0 bridgehead atoms. The second-order valence-electron chi connectivity index (χ2n) is 1.98. The molecular weight excluding hydrogens is 210 g/mol. The van der Waals surface area contributed by atoms with Crippen LogP contribution in [0.25, 0.3) is 0 Å². The topological polar surface area (TPSA) is 12.9 Å². The second kappa shape index (κ2) is 3.39. The van der Waals surface area contributed by atoms with Gasteiger partial charge in [0.1, 0.15) is 0 Å². The molecule has 10 heavy (non-hydrogen) atoms. The molecule has 1 aromatic heterocycles. The largest absolute Gasteiger partial charge is 0.249 e. The summed E-state index contributed by atoms with van der Waals surface area (Å²) in [6, 6.07) is 2.06. The Labute approximate surface area is 73.4 Å². The van der Waals surface area contributed by atoms with Gasteiger partial charge in [0.25, 0.3) is 0 Å². The maximum Gasteiger partial charge on any atom is 0.0960 e. The van der Waals surface area contributed by atoms with Gasteiger partial charge in [0.15, 0.2) is 0 Å². The Bertz CT molecular complexity index is 237. The number of thioether (sulfide) groups is 1. The van der Waals surface area contributed by atoms with Crippen LogP contribution in [0.5, 0.6) is 0 Å². The van der Waals surface area contributed by atoms with Crippen LogP contribution >= 0.6 is 27.7 Å². The molecule has 1 heterocycles. The highest BCUT2D eigenvalue weighted by Crippen LogP contribution is 2.19. The highest BCUT2D eigenvalue weighted by molar-refractivity contribution is 9.10. The Morgan fingerprint density at radius 2 is 2.30 bits per heavy atom. The zero-order valence-corrected chi connectivity index (χ0v) is 8.29. The smallest absolute Gasteiger partial charge is 0.0960 e. The average Bonchev–Trinajstić information content (AvgIpc) is 1.95. The third-order valence-electron chi connectivity index (χ3n) is 1.23. The average molecular weight is 218 g/mol. The Hall–Kier alpha value is -0.0200. The Morgan fingerprint density at radius 3 is 2.80 bits per heavy atom. The molecule has 0 aromatic carbocycles. The summed E-state index contributed by atoms with van der Waals surface area (Å²) in [5.74, 6) is 0.